The highest BCUT2D eigenvalue weighted by Crippen LogP contribution is 2.39. The summed E-state index contributed by atoms with van der Waals surface area (Å²) in [7, 11) is 3.92. The molecule has 2 aromatic rings. The van der Waals surface area contributed by atoms with Gasteiger partial charge in [0.25, 0.3) is 5.91 Å². The molecule has 1 unspecified atom stereocenters. The summed E-state index contributed by atoms with van der Waals surface area (Å²) in [6.45, 7) is 1.24. The Kier molecular flexibility index (Phi) is 5.99. The number of carbonyl (C=O) groups is 2. The van der Waals surface area contributed by atoms with Crippen molar-refractivity contribution in [3.8, 4) is 0 Å². The van der Waals surface area contributed by atoms with Gasteiger partial charge in [-0.3, -0.25) is 9.59 Å². The van der Waals surface area contributed by atoms with E-state index in [-0.39, 0.29) is 11.4 Å². The Bertz CT molecular complexity index is 860. The van der Waals surface area contributed by atoms with Crippen molar-refractivity contribution in [2.45, 2.75) is 12.5 Å². The van der Waals surface area contributed by atoms with Crippen LogP contribution in [0.5, 0.6) is 0 Å². The molecule has 1 aromatic carbocycles. The number of nitrogens with zero attached hydrogens (tertiary/aromatic N) is 2. The van der Waals surface area contributed by atoms with Crippen molar-refractivity contribution >= 4 is 34.6 Å². The van der Waals surface area contributed by atoms with Gasteiger partial charge in [-0.2, -0.15) is 0 Å². The Labute approximate surface area is 167 Å². The van der Waals surface area contributed by atoms with Crippen LogP contribution in [0.15, 0.2) is 53.1 Å². The third-order valence-corrected chi connectivity index (χ3v) is 5.60. The Morgan fingerprint density at radius 2 is 1.96 bits per heavy atom. The maximum Gasteiger partial charge on any atom is 0.290 e. The van der Waals surface area contributed by atoms with E-state index in [1.807, 2.05) is 19.0 Å². The summed E-state index contributed by atoms with van der Waals surface area (Å²) in [5.41, 5.74) is 0.885. The molecule has 1 aliphatic rings. The van der Waals surface area contributed by atoms with Gasteiger partial charge >= 0.3 is 0 Å². The molecule has 1 atom stereocenters. The molecule has 0 aliphatic carbocycles. The zero-order valence-electron chi connectivity index (χ0n) is 15.2. The summed E-state index contributed by atoms with van der Waals surface area (Å²) in [6, 6.07) is 9.89. The van der Waals surface area contributed by atoms with Gasteiger partial charge in [-0.25, -0.2) is 0 Å². The van der Waals surface area contributed by atoms with Crippen LogP contribution in [-0.2, 0) is 4.79 Å². The van der Waals surface area contributed by atoms with E-state index < -0.39 is 17.7 Å². The fourth-order valence-corrected chi connectivity index (χ4v) is 4.01. The fraction of sp³-hybridized carbons (Fsp3) is 0.300. The van der Waals surface area contributed by atoms with E-state index in [2.05, 4.69) is 0 Å². The van der Waals surface area contributed by atoms with Gasteiger partial charge < -0.3 is 14.9 Å². The van der Waals surface area contributed by atoms with Crippen LogP contribution < -0.4 is 0 Å². The number of aliphatic hydroxyl groups is 1. The zero-order valence-corrected chi connectivity index (χ0v) is 16.8. The lowest BCUT2D eigenvalue weighted by Crippen LogP contribution is -2.33. The van der Waals surface area contributed by atoms with E-state index in [0.29, 0.717) is 16.4 Å². The lowest BCUT2D eigenvalue weighted by Gasteiger charge is -2.27. The first-order chi connectivity index (χ1) is 12.9. The highest BCUT2D eigenvalue weighted by atomic mass is 35.5. The summed E-state index contributed by atoms with van der Waals surface area (Å²) < 4.78 is 0. The predicted molar refractivity (Wildman–Crippen MR) is 107 cm³/mol. The van der Waals surface area contributed by atoms with Crippen molar-refractivity contribution in [3.05, 3.63) is 68.6 Å². The van der Waals surface area contributed by atoms with Crippen LogP contribution in [0.25, 0.3) is 0 Å². The highest BCUT2D eigenvalue weighted by molar-refractivity contribution is 7.12. The highest BCUT2D eigenvalue weighted by Gasteiger charge is 2.43. The van der Waals surface area contributed by atoms with Crippen LogP contribution in [0.4, 0.5) is 0 Å². The van der Waals surface area contributed by atoms with Crippen molar-refractivity contribution < 1.29 is 14.7 Å². The molecule has 3 rings (SSSR count). The molecule has 0 fully saturated rings. The lowest BCUT2D eigenvalue weighted by molar-refractivity contribution is -0.129. The molecule has 0 saturated carbocycles. The van der Waals surface area contributed by atoms with Crippen LogP contribution in [0, 0.1) is 0 Å². The smallest absolute Gasteiger partial charge is 0.290 e. The molecule has 0 spiro atoms. The number of amides is 1. The van der Waals surface area contributed by atoms with Crippen LogP contribution >= 0.6 is 22.9 Å². The van der Waals surface area contributed by atoms with E-state index in [0.717, 1.165) is 18.5 Å². The first-order valence-electron chi connectivity index (χ1n) is 8.62. The molecule has 2 heterocycles. The monoisotopic (exact) mass is 404 g/mol. The van der Waals surface area contributed by atoms with Crippen molar-refractivity contribution in [1.29, 1.82) is 0 Å². The summed E-state index contributed by atoms with van der Waals surface area (Å²) in [5, 5.41) is 12.9. The summed E-state index contributed by atoms with van der Waals surface area (Å²) >= 11 is 7.29. The molecule has 142 valence electrons. The quantitative estimate of drug-likeness (QED) is 0.710. The molecule has 1 N–H and O–H groups in total. The fourth-order valence-electron chi connectivity index (χ4n) is 3.21. The van der Waals surface area contributed by atoms with Crippen LogP contribution in [0.1, 0.15) is 27.7 Å². The molecule has 27 heavy (non-hydrogen) atoms. The van der Waals surface area contributed by atoms with Crippen LogP contribution in [0.2, 0.25) is 5.02 Å². The number of thiophene rings is 1. The maximum atomic E-state index is 13.0. The van der Waals surface area contributed by atoms with Crippen LogP contribution in [-0.4, -0.2) is 53.8 Å². The van der Waals surface area contributed by atoms with Crippen molar-refractivity contribution in [2.75, 3.05) is 27.2 Å². The normalized spacial score (nSPS) is 17.3. The van der Waals surface area contributed by atoms with Crippen molar-refractivity contribution in [2.24, 2.45) is 0 Å². The number of benzene rings is 1. The third-order valence-electron chi connectivity index (χ3n) is 4.48. The molecule has 1 aromatic heterocycles. The molecule has 0 bridgehead atoms. The average Bonchev–Trinajstić information content (AvgIpc) is 3.25. The standard InChI is InChI=1S/C20H21ClN2O3S/c1-22(2)10-4-11-23-17(13-6-8-14(21)9-7-13)16(19(25)20(23)26)18(24)15-5-3-12-27-15/h3,5-9,12,17,25H,4,10-11H2,1-2H3. The van der Waals surface area contributed by atoms with Gasteiger partial charge in [0.1, 0.15) is 0 Å². The Balaban J connectivity index is 1.99. The van der Waals surface area contributed by atoms with Gasteiger partial charge in [0.15, 0.2) is 5.76 Å². The molecular weight excluding hydrogens is 384 g/mol. The third kappa shape index (κ3) is 4.08. The van der Waals surface area contributed by atoms with Crippen LogP contribution in [0.3, 0.4) is 0 Å². The first kappa shape index (κ1) is 19.6. The molecule has 5 nitrogen and oxygen atoms in total. The Morgan fingerprint density at radius 3 is 2.56 bits per heavy atom. The predicted octanol–water partition coefficient (Wildman–Crippen LogP) is 3.93. The van der Waals surface area contributed by atoms with Gasteiger partial charge in [-0.05, 0) is 56.2 Å². The number of halogens is 1. The van der Waals surface area contributed by atoms with E-state index in [9.17, 15) is 14.7 Å². The van der Waals surface area contributed by atoms with Gasteiger partial charge in [-0.15, -0.1) is 11.3 Å². The summed E-state index contributed by atoms with van der Waals surface area (Å²) in [4.78, 5) is 29.9. The molecule has 1 amide bonds. The molecule has 0 radical (unpaired) electrons. The van der Waals surface area contributed by atoms with Gasteiger partial charge in [0.2, 0.25) is 5.78 Å². The second-order valence-corrected chi connectivity index (χ2v) is 8.06. The minimum absolute atomic E-state index is 0.134. The lowest BCUT2D eigenvalue weighted by atomic mass is 9.95. The molecule has 0 saturated heterocycles. The molecule has 7 heteroatoms. The van der Waals surface area contributed by atoms with Crippen molar-refractivity contribution in [3.63, 3.8) is 0 Å². The number of hydrogen-bond donors (Lipinski definition) is 1. The largest absolute Gasteiger partial charge is 0.503 e. The van der Waals surface area contributed by atoms with E-state index >= 15 is 0 Å². The maximum absolute atomic E-state index is 13.0. The average molecular weight is 405 g/mol. The first-order valence-corrected chi connectivity index (χ1v) is 9.88. The SMILES string of the molecule is CN(C)CCCN1C(=O)C(O)=C(C(=O)c2cccs2)C1c1ccc(Cl)cc1. The Morgan fingerprint density at radius 1 is 1.26 bits per heavy atom. The number of hydrogen-bond acceptors (Lipinski definition) is 5. The second kappa shape index (κ2) is 8.25. The number of Topliss-reactive ketones (excluding diaryl/α,β-unsaturated/α-hetero) is 1. The second-order valence-electron chi connectivity index (χ2n) is 6.68. The molecular formula is C20H21ClN2O3S. The summed E-state index contributed by atoms with van der Waals surface area (Å²) in [5.74, 6) is -1.28. The number of ketones is 1. The van der Waals surface area contributed by atoms with Gasteiger partial charge in [0, 0.05) is 11.6 Å². The summed E-state index contributed by atoms with van der Waals surface area (Å²) in [6.07, 6.45) is 0.733. The Hall–Kier alpha value is -2.15. The van der Waals surface area contributed by atoms with E-state index in [1.54, 1.807) is 46.7 Å². The number of carbonyl (C=O) groups excluding carboxylic acids is 2. The van der Waals surface area contributed by atoms with Crippen molar-refractivity contribution in [1.82, 2.24) is 9.80 Å². The van der Waals surface area contributed by atoms with E-state index in [1.165, 1.54) is 11.3 Å². The number of aliphatic hydroxyl groups excluding tert-OH is 1. The molecule has 1 aliphatic heterocycles. The topological polar surface area (TPSA) is 60.9 Å². The van der Waals surface area contributed by atoms with Gasteiger partial charge in [-0.1, -0.05) is 29.8 Å². The minimum atomic E-state index is -0.619. The van der Waals surface area contributed by atoms with E-state index in [4.69, 9.17) is 11.6 Å². The van der Waals surface area contributed by atoms with Gasteiger partial charge in [0.05, 0.1) is 16.5 Å². The minimum Gasteiger partial charge on any atom is -0.503 e. The zero-order chi connectivity index (χ0) is 19.6. The number of rotatable bonds is 7.